The van der Waals surface area contributed by atoms with Gasteiger partial charge in [0.1, 0.15) is 5.75 Å². The van der Waals surface area contributed by atoms with Gasteiger partial charge in [-0.2, -0.15) is 0 Å². The molecule has 2 amide bonds. The summed E-state index contributed by atoms with van der Waals surface area (Å²) in [4.78, 5) is 13.1. The number of nitrogens with two attached hydrogens (primary N) is 1. The third-order valence-corrected chi connectivity index (χ3v) is 3.40. The van der Waals surface area contributed by atoms with Crippen molar-refractivity contribution in [2.45, 2.75) is 19.3 Å². The van der Waals surface area contributed by atoms with Crippen LogP contribution in [-0.4, -0.2) is 19.2 Å². The Balaban J connectivity index is 1.86. The van der Waals surface area contributed by atoms with Gasteiger partial charge in [0.05, 0.1) is 6.61 Å². The summed E-state index contributed by atoms with van der Waals surface area (Å²) in [6.07, 6.45) is 3.35. The molecule has 1 heterocycles. The number of primary amides is 1. The van der Waals surface area contributed by atoms with E-state index in [1.165, 1.54) is 18.4 Å². The molecule has 0 radical (unpaired) electrons. The van der Waals surface area contributed by atoms with Gasteiger partial charge in [-0.15, -0.1) is 0 Å². The second-order valence-corrected chi connectivity index (χ2v) is 4.78. The summed E-state index contributed by atoms with van der Waals surface area (Å²) >= 11 is 0. The first-order chi connectivity index (χ1) is 8.24. The Morgan fingerprint density at radius 3 is 3.00 bits per heavy atom. The van der Waals surface area contributed by atoms with Gasteiger partial charge in [-0.1, -0.05) is 6.07 Å². The first kappa shape index (κ1) is 10.4. The topological polar surface area (TPSA) is 55.6 Å². The second kappa shape index (κ2) is 3.95. The highest BCUT2D eigenvalue weighted by Gasteiger charge is 2.27. The third kappa shape index (κ3) is 2.07. The summed E-state index contributed by atoms with van der Waals surface area (Å²) in [6.45, 7) is 1.46. The van der Waals surface area contributed by atoms with Gasteiger partial charge in [0.15, 0.2) is 0 Å². The zero-order valence-corrected chi connectivity index (χ0v) is 9.69. The van der Waals surface area contributed by atoms with Crippen LogP contribution in [0.15, 0.2) is 18.2 Å². The Hall–Kier alpha value is -1.71. The number of benzene rings is 1. The lowest BCUT2D eigenvalue weighted by molar-refractivity contribution is 0.253. The Morgan fingerprint density at radius 1 is 1.47 bits per heavy atom. The summed E-state index contributed by atoms with van der Waals surface area (Å²) in [5.41, 5.74) is 7.50. The highest BCUT2D eigenvalue weighted by molar-refractivity contribution is 5.91. The zero-order chi connectivity index (χ0) is 11.8. The predicted octanol–water partition coefficient (Wildman–Crippen LogP) is 1.92. The number of urea groups is 1. The fourth-order valence-corrected chi connectivity index (χ4v) is 2.20. The van der Waals surface area contributed by atoms with Gasteiger partial charge in [0.25, 0.3) is 0 Å². The van der Waals surface area contributed by atoms with Crippen molar-refractivity contribution in [2.24, 2.45) is 11.7 Å². The van der Waals surface area contributed by atoms with Gasteiger partial charge in [0.2, 0.25) is 0 Å². The maximum Gasteiger partial charge on any atom is 0.319 e. The van der Waals surface area contributed by atoms with Gasteiger partial charge in [0, 0.05) is 24.7 Å². The highest BCUT2D eigenvalue weighted by Crippen LogP contribution is 2.34. The molecule has 2 N–H and O–H groups in total. The van der Waals surface area contributed by atoms with Crippen LogP contribution in [0, 0.1) is 5.92 Å². The molecule has 1 aliphatic heterocycles. The van der Waals surface area contributed by atoms with E-state index >= 15 is 0 Å². The van der Waals surface area contributed by atoms with Crippen LogP contribution in [0.3, 0.4) is 0 Å². The third-order valence-electron chi connectivity index (χ3n) is 3.40. The Labute approximate surface area is 100 Å². The molecular formula is C13H16N2O2. The summed E-state index contributed by atoms with van der Waals surface area (Å²) in [7, 11) is 0. The van der Waals surface area contributed by atoms with Crippen molar-refractivity contribution in [2.75, 3.05) is 18.1 Å². The molecule has 0 bridgehead atoms. The van der Waals surface area contributed by atoms with Crippen molar-refractivity contribution < 1.29 is 9.53 Å². The number of nitrogens with zero attached hydrogens (tertiary/aromatic N) is 1. The van der Waals surface area contributed by atoms with Gasteiger partial charge in [-0.25, -0.2) is 4.79 Å². The Kier molecular flexibility index (Phi) is 2.42. The van der Waals surface area contributed by atoms with E-state index in [2.05, 4.69) is 0 Å². The SMILES string of the molecule is NC(=O)N(CC1CC1)c1ccc2c(c1)OCC2. The molecule has 1 aliphatic carbocycles. The number of ether oxygens (including phenoxy) is 1. The number of carbonyl (C=O) groups is 1. The molecule has 1 aromatic carbocycles. The first-order valence-corrected chi connectivity index (χ1v) is 6.07. The van der Waals surface area contributed by atoms with Crippen molar-refractivity contribution in [1.29, 1.82) is 0 Å². The van der Waals surface area contributed by atoms with Crippen molar-refractivity contribution in [3.63, 3.8) is 0 Å². The number of carbonyl (C=O) groups excluding carboxylic acids is 1. The largest absolute Gasteiger partial charge is 0.493 e. The van der Waals surface area contributed by atoms with E-state index in [0.717, 1.165) is 31.0 Å². The molecule has 0 atom stereocenters. The van der Waals surface area contributed by atoms with Crippen molar-refractivity contribution in [3.8, 4) is 5.75 Å². The molecule has 0 aromatic heterocycles. The van der Waals surface area contributed by atoms with Gasteiger partial charge in [-0.05, 0) is 30.4 Å². The minimum absolute atomic E-state index is 0.380. The van der Waals surface area contributed by atoms with Crippen LogP contribution in [0.5, 0.6) is 5.75 Å². The maximum atomic E-state index is 11.5. The fraction of sp³-hybridized carbons (Fsp3) is 0.462. The number of hydrogen-bond acceptors (Lipinski definition) is 2. The van der Waals surface area contributed by atoms with E-state index < -0.39 is 0 Å². The van der Waals surface area contributed by atoms with E-state index in [9.17, 15) is 4.79 Å². The predicted molar refractivity (Wildman–Crippen MR) is 65.3 cm³/mol. The lowest BCUT2D eigenvalue weighted by Gasteiger charge is -2.20. The van der Waals surface area contributed by atoms with Crippen LogP contribution in [-0.2, 0) is 6.42 Å². The molecule has 0 unspecified atom stereocenters. The Bertz CT molecular complexity index is 455. The summed E-state index contributed by atoms with van der Waals surface area (Å²) < 4.78 is 5.51. The average Bonchev–Trinajstić information content (AvgIpc) is 3.01. The van der Waals surface area contributed by atoms with E-state index in [-0.39, 0.29) is 6.03 Å². The van der Waals surface area contributed by atoms with E-state index in [4.69, 9.17) is 10.5 Å². The fourth-order valence-electron chi connectivity index (χ4n) is 2.20. The molecule has 0 spiro atoms. The summed E-state index contributed by atoms with van der Waals surface area (Å²) in [5.74, 6) is 1.52. The number of rotatable bonds is 3. The standard InChI is InChI=1S/C13H16N2O2/c14-13(16)15(8-9-1-2-9)11-4-3-10-5-6-17-12(10)7-11/h3-4,7,9H,1-2,5-6,8H2,(H2,14,16). The summed E-state index contributed by atoms with van der Waals surface area (Å²) in [5, 5.41) is 0. The van der Waals surface area contributed by atoms with Crippen LogP contribution in [0.4, 0.5) is 10.5 Å². The Morgan fingerprint density at radius 2 is 2.29 bits per heavy atom. The van der Waals surface area contributed by atoms with Crippen LogP contribution in [0.25, 0.3) is 0 Å². The molecule has 0 saturated heterocycles. The van der Waals surface area contributed by atoms with Gasteiger partial charge < -0.3 is 10.5 Å². The van der Waals surface area contributed by atoms with E-state index in [1.54, 1.807) is 4.90 Å². The molecule has 1 saturated carbocycles. The molecule has 90 valence electrons. The normalized spacial score (nSPS) is 17.4. The first-order valence-electron chi connectivity index (χ1n) is 6.07. The molecule has 3 rings (SSSR count). The van der Waals surface area contributed by atoms with E-state index in [0.29, 0.717) is 5.92 Å². The lowest BCUT2D eigenvalue weighted by Crippen LogP contribution is -2.37. The van der Waals surface area contributed by atoms with Crippen LogP contribution in [0.2, 0.25) is 0 Å². The number of anilines is 1. The molecule has 1 aromatic rings. The van der Waals surface area contributed by atoms with Gasteiger partial charge >= 0.3 is 6.03 Å². The smallest absolute Gasteiger partial charge is 0.319 e. The zero-order valence-electron chi connectivity index (χ0n) is 9.69. The van der Waals surface area contributed by atoms with Crippen molar-refractivity contribution in [1.82, 2.24) is 0 Å². The van der Waals surface area contributed by atoms with Crippen LogP contribution in [0.1, 0.15) is 18.4 Å². The quantitative estimate of drug-likeness (QED) is 0.865. The number of hydrogen-bond donors (Lipinski definition) is 1. The summed E-state index contributed by atoms with van der Waals surface area (Å²) in [6, 6.07) is 5.53. The lowest BCUT2D eigenvalue weighted by atomic mass is 10.1. The van der Waals surface area contributed by atoms with Crippen molar-refractivity contribution in [3.05, 3.63) is 23.8 Å². The van der Waals surface area contributed by atoms with Crippen LogP contribution < -0.4 is 15.4 Å². The van der Waals surface area contributed by atoms with Gasteiger partial charge in [-0.3, -0.25) is 4.90 Å². The van der Waals surface area contributed by atoms with Crippen LogP contribution >= 0.6 is 0 Å². The molecule has 1 fully saturated rings. The monoisotopic (exact) mass is 232 g/mol. The number of fused-ring (bicyclic) bond motifs is 1. The molecular weight excluding hydrogens is 216 g/mol. The van der Waals surface area contributed by atoms with E-state index in [1.807, 2.05) is 18.2 Å². The minimum atomic E-state index is -0.380. The molecule has 4 nitrogen and oxygen atoms in total. The van der Waals surface area contributed by atoms with Crippen molar-refractivity contribution >= 4 is 11.7 Å². The molecule has 2 aliphatic rings. The average molecular weight is 232 g/mol. The number of amides is 2. The molecule has 4 heteroatoms. The second-order valence-electron chi connectivity index (χ2n) is 4.78. The molecule has 17 heavy (non-hydrogen) atoms. The maximum absolute atomic E-state index is 11.5. The minimum Gasteiger partial charge on any atom is -0.493 e. The highest BCUT2D eigenvalue weighted by atomic mass is 16.5.